The van der Waals surface area contributed by atoms with Crippen molar-refractivity contribution < 1.29 is 260 Å². The fourth-order valence-corrected chi connectivity index (χ4v) is 21.6. The van der Waals surface area contributed by atoms with Crippen LogP contribution in [-0.4, -0.2) is 365 Å². The molecule has 5 N–H and O–H groups in total. The highest BCUT2D eigenvalue weighted by atomic mass is 32.3. The molecule has 9 rings (SSSR count). The predicted molar refractivity (Wildman–Crippen MR) is 408 cm³/mol. The van der Waals surface area contributed by atoms with Gasteiger partial charge >= 0.3 is 6.03 Å². The van der Waals surface area contributed by atoms with E-state index in [1.807, 2.05) is 20.8 Å². The van der Waals surface area contributed by atoms with Crippen molar-refractivity contribution in [1.82, 2.24) is 21.3 Å². The van der Waals surface area contributed by atoms with E-state index in [-0.39, 0.29) is 104 Å². The summed E-state index contributed by atoms with van der Waals surface area (Å²) >= 11 is 1.75. The first-order valence-electron chi connectivity index (χ1n) is 42.4. The number of thioether (sulfide) groups is 1. The number of nitrogens with one attached hydrogen (secondary N) is 4. The van der Waals surface area contributed by atoms with Gasteiger partial charge in [0.15, 0.2) is 68.1 Å². The Hall–Kier alpha value is -3.40. The van der Waals surface area contributed by atoms with Gasteiger partial charge in [-0.3, -0.25) is 56.6 Å². The number of aliphatic hydroxyl groups is 1. The largest absolute Gasteiger partial charge is 0.726 e. The normalized spacial score (nSPS) is 39.4. The Balaban J connectivity index is 1.02. The van der Waals surface area contributed by atoms with E-state index in [9.17, 15) is 103 Å². The number of methoxy groups -OCH3 is 6. The van der Waals surface area contributed by atoms with Crippen LogP contribution in [0.2, 0.25) is 0 Å². The Morgan fingerprint density at radius 3 is 1.49 bits per heavy atom. The van der Waals surface area contributed by atoms with Gasteiger partial charge in [0.2, 0.25) is 53.4 Å². The van der Waals surface area contributed by atoms with Crippen molar-refractivity contribution in [2.24, 2.45) is 41.4 Å². The van der Waals surface area contributed by atoms with E-state index in [1.54, 1.807) is 40.0 Å². The molecule has 1 aliphatic carbocycles. The van der Waals surface area contributed by atoms with Crippen LogP contribution >= 0.6 is 11.8 Å². The first-order valence-corrected chi connectivity index (χ1v) is 48.7. The molecule has 64 heteroatoms. The molecule has 0 radical (unpaired) electrons. The summed E-state index contributed by atoms with van der Waals surface area (Å²) < 4.78 is 273. The van der Waals surface area contributed by atoms with E-state index in [0.29, 0.717) is 32.3 Å². The van der Waals surface area contributed by atoms with Gasteiger partial charge < -0.3 is 157 Å². The van der Waals surface area contributed by atoms with E-state index in [1.165, 1.54) is 28.3 Å². The lowest BCUT2D eigenvalue weighted by atomic mass is 9.75. The smallest absolute Gasteiger partial charge is 0.315 e. The molecule has 788 valence electrons. The van der Waals surface area contributed by atoms with Crippen molar-refractivity contribution in [3.05, 3.63) is 0 Å². The molecule has 0 aromatic rings. The average molecular weight is 2060 g/mol. The Morgan fingerprint density at radius 1 is 0.452 bits per heavy atom. The summed E-state index contributed by atoms with van der Waals surface area (Å²) in [6.45, 7) is 4.13. The van der Waals surface area contributed by atoms with E-state index in [4.69, 9.17) is 99.4 Å². The Labute approximate surface area is 779 Å². The monoisotopic (exact) mass is 2060 g/mol. The predicted octanol–water partition coefficient (Wildman–Crippen LogP) is -9.80. The number of carbonyl (C=O) groups is 3. The second kappa shape index (κ2) is 53.4. The molecule has 4 amide bonds. The van der Waals surface area contributed by atoms with Crippen molar-refractivity contribution in [3.8, 4) is 0 Å². The van der Waals surface area contributed by atoms with Gasteiger partial charge in [-0.25, -0.2) is 67.8 Å². The topological polar surface area (TPSA) is 791 Å². The van der Waals surface area contributed by atoms with Gasteiger partial charge in [0.25, 0.3) is 0 Å². The lowest BCUT2D eigenvalue weighted by molar-refractivity contribution is -0.834. The molecule has 9 fully saturated rings. The van der Waals surface area contributed by atoms with Crippen molar-refractivity contribution in [2.45, 2.75) is 288 Å². The fraction of sp³-hybridized carbons (Fsp3) is 0.958. The van der Waals surface area contributed by atoms with Crippen molar-refractivity contribution in [3.63, 3.8) is 0 Å². The molecule has 17 unspecified atom stereocenters. The summed E-state index contributed by atoms with van der Waals surface area (Å²) in [5.41, 5.74) is -2.60. The second-order valence-electron chi connectivity index (χ2n) is 33.5. The van der Waals surface area contributed by atoms with E-state index >= 15 is 0 Å². The number of ether oxygens (including phenoxy) is 17. The lowest BCUT2D eigenvalue weighted by Gasteiger charge is -2.54. The molecule has 59 nitrogen and oxygen atoms in total. The van der Waals surface area contributed by atoms with Crippen LogP contribution in [0.4, 0.5) is 4.79 Å². The first-order chi connectivity index (χ1) is 64.0. The van der Waals surface area contributed by atoms with E-state index < -0.39 is 251 Å². The Morgan fingerprint density at radius 2 is 0.919 bits per heavy atom. The van der Waals surface area contributed by atoms with Crippen LogP contribution in [0.3, 0.4) is 0 Å². The van der Waals surface area contributed by atoms with Crippen molar-refractivity contribution >= 4 is 71.2 Å². The molecule has 8 saturated heterocycles. The number of hydrogen-bond acceptors (Lipinski definition) is 56. The third-order valence-corrected chi connectivity index (χ3v) is 28.6. The minimum Gasteiger partial charge on any atom is -0.726 e. The number of urea groups is 1. The maximum absolute atomic E-state index is 14.1. The first kappa shape index (κ1) is 115. The summed E-state index contributed by atoms with van der Waals surface area (Å²) in [6.07, 6.45) is -49.8. The number of rotatable bonds is 56. The molecule has 0 aromatic heterocycles. The third-order valence-electron chi connectivity index (χ3n) is 25.3. The summed E-state index contributed by atoms with van der Waals surface area (Å²) in [4.78, 5) is 67.1. The fourth-order valence-electron chi connectivity index (χ4n) is 18.6. The summed E-state index contributed by atoms with van der Waals surface area (Å²) in [5.74, 6) is -6.20. The molecule has 8 aliphatic heterocycles. The third kappa shape index (κ3) is 31.3. The number of fused-ring (bicyclic) bond motifs is 1. The molecular weight excluding hydrogens is 1950 g/mol. The molecule has 0 spiro atoms. The molecule has 38 atom stereocenters. The maximum Gasteiger partial charge on any atom is 0.315 e. The zero-order chi connectivity index (χ0) is 99.2. The number of hydrogen-bond donors (Lipinski definition) is 5. The van der Waals surface area contributed by atoms with E-state index in [0.717, 1.165) is 25.5 Å². The van der Waals surface area contributed by atoms with Gasteiger partial charge in [-0.05, 0) is 44.9 Å². The minimum atomic E-state index is -6.41. The molecule has 1 saturated carbocycles. The highest BCUT2D eigenvalue weighted by molar-refractivity contribution is 8.00. The zero-order valence-electron chi connectivity index (χ0n) is 74.6. The van der Waals surface area contributed by atoms with Gasteiger partial charge in [0.1, 0.15) is 54.9 Å². The Bertz CT molecular complexity index is 4060. The standard InChI is InChI=1S/C71H124N4O55S5/c1-31-32(2)65(113-50-33(3)51(102-11)38(101-10)22-36(50)24-98-7)110-41(25-99-8)52(31)115-67-54(103-12)34(4)53(42(111-67)26-100-9)114-66-35(5)71(6,79)64(39(108-66)23-73-47(77)19-14-13-17-21-72-46(76)20-16-15-18-45-49-37(30-131-45)74-70(78)75-49)117-69-63(124-135(95,96)97)59(120-127-82)55(43(112-69)28-105-133(89,90)91)116-68-62(123-130-85)58(119-126-81)48(40(109-68)27-104-132(86,87)88)57-61(122-129-84)60(121-128-83)56(118-125-80)44(107-57)29-106-134(92,93)94/h31-45,48-69,79-85H,13-30H2,1-12H3,(H,72,76)(H,73,77)(H2,74,75,78)(H,86,87,88)(H,89,90,91)(H,92,93,94)(H,95,96,97)/p-10/t31?,32?,33?,34-,35?,36+,37?,38-,39?,40+,41+,42?,43+,44+,45?,48-,49?,50-,51?,52-,53+,54?,55+,56+,57-,58?,59?,60?,61?,62?,63?,64-,65+,66-,67-,68+,69+,71-/m0/s1. The molecule has 0 bridgehead atoms. The minimum absolute atomic E-state index is 0.0000715. The van der Waals surface area contributed by atoms with Crippen LogP contribution in [0.5, 0.6) is 0 Å². The lowest BCUT2D eigenvalue weighted by Crippen LogP contribution is -2.71. The van der Waals surface area contributed by atoms with Crippen LogP contribution in [-0.2, 0) is 208 Å². The van der Waals surface area contributed by atoms with Crippen molar-refractivity contribution in [2.75, 3.05) is 101 Å². The van der Waals surface area contributed by atoms with Crippen LogP contribution < -0.4 is 52.8 Å². The maximum atomic E-state index is 14.1. The molecular formula is C71H114N4O55S5-10. The molecule has 8 heterocycles. The molecule has 9 aliphatic rings. The molecule has 135 heavy (non-hydrogen) atoms. The second-order valence-corrected chi connectivity index (χ2v) is 39.0. The van der Waals surface area contributed by atoms with Gasteiger partial charge in [-0.1, -0.05) is 47.5 Å². The average Bonchev–Trinajstić information content (AvgIpc) is 1.29. The van der Waals surface area contributed by atoms with Crippen LogP contribution in [0.15, 0.2) is 0 Å². The van der Waals surface area contributed by atoms with Gasteiger partial charge in [0, 0.05) is 115 Å². The van der Waals surface area contributed by atoms with Gasteiger partial charge in [-0.2, -0.15) is 11.8 Å². The summed E-state index contributed by atoms with van der Waals surface area (Å²) in [7, 11) is -15.5. The highest BCUT2D eigenvalue weighted by Gasteiger charge is 2.65. The van der Waals surface area contributed by atoms with Crippen LogP contribution in [0.25, 0.3) is 0 Å². The van der Waals surface area contributed by atoms with Crippen molar-refractivity contribution in [1.29, 1.82) is 0 Å². The van der Waals surface area contributed by atoms with Gasteiger partial charge in [0.05, 0.1) is 100 Å². The number of unbranched alkanes of at least 4 members (excludes halogenated alkanes) is 3. The van der Waals surface area contributed by atoms with Gasteiger partial charge in [-0.15, -0.1) is 0 Å². The Kier molecular flexibility index (Phi) is 45.6. The zero-order valence-corrected chi connectivity index (χ0v) is 78.7. The highest BCUT2D eigenvalue weighted by Crippen LogP contribution is 2.48. The van der Waals surface area contributed by atoms with Crippen LogP contribution in [0, 0.1) is 41.4 Å². The summed E-state index contributed by atoms with van der Waals surface area (Å²) in [5, 5.41) is 118. The SMILES string of the molecule is COCC1O[C@@H](O[C@H]2C(C)C(C)[C@@H](O[C@H]3C(C)C(OC)[C@@H](OC)C[C@@H]3COC)O[C@@H]2COC)C(OC)[C@@H](C)[C@H]1O[C@@H]1OC(CNC(=O)CCCCCNC(=O)CCCCC2SCC3NC(=O)NC32)[C@H](O[C@H]2O[C@H](COS(=O)(=O)[O-])[C@@H](O[C@H]3O[C@H](COS(=O)(=O)[O-])[C@@H]([C@@H]4O[C@H](COS(=O)(=O)[O-])[C@@H](OO[O-])C(OO[O-])C4OO[O-])C(OO[O-])C3OO[O-])C(OO[O-])C2OS(=O)(=O)[O-])[C@@](C)(O)C1C. The number of amides is 4. The van der Waals surface area contributed by atoms with E-state index in [2.05, 4.69) is 78.7 Å². The quantitative estimate of drug-likeness (QED) is 0.00943. The van der Waals surface area contributed by atoms with Crippen LogP contribution in [0.1, 0.15) is 99.3 Å². The molecule has 0 aromatic carbocycles. The summed E-state index contributed by atoms with van der Waals surface area (Å²) in [6, 6.07) is -0.168. The number of carbonyl (C=O) groups excluding carboxylic acids is 3.